The molecule has 6 nitrogen and oxygen atoms in total. The monoisotopic (exact) mass is 410 g/mol. The summed E-state index contributed by atoms with van der Waals surface area (Å²) in [5.74, 6) is 0. The van der Waals surface area contributed by atoms with E-state index in [1.165, 1.54) is 0 Å². The molecule has 1 aliphatic heterocycles. The highest BCUT2D eigenvalue weighted by molar-refractivity contribution is 5.85. The molecule has 1 N–H and O–H groups in total. The molecule has 30 heavy (non-hydrogen) atoms. The first-order valence-corrected chi connectivity index (χ1v) is 10.2. The van der Waals surface area contributed by atoms with E-state index in [0.717, 1.165) is 16.7 Å². The van der Waals surface area contributed by atoms with Crippen LogP contribution in [0.4, 0.5) is 15.3 Å². The van der Waals surface area contributed by atoms with Crippen molar-refractivity contribution < 1.29 is 19.1 Å². The molecule has 0 bridgehead atoms. The number of hydrogen-bond acceptors (Lipinski definition) is 4. The Morgan fingerprint density at radius 2 is 1.80 bits per heavy atom. The SMILES string of the molecule is CC(C)(C)OC(=O)N1CCc2cc(NC(=O)OCc3ccccc3)ccc2C1(C)C. The first-order valence-electron chi connectivity index (χ1n) is 10.2. The Kier molecular flexibility index (Phi) is 6.06. The molecule has 160 valence electrons. The minimum absolute atomic E-state index is 0.218. The van der Waals surface area contributed by atoms with Gasteiger partial charge in [-0.2, -0.15) is 0 Å². The maximum absolute atomic E-state index is 12.7. The maximum Gasteiger partial charge on any atom is 0.411 e. The van der Waals surface area contributed by atoms with Crippen LogP contribution in [0.3, 0.4) is 0 Å². The third-order valence-electron chi connectivity index (χ3n) is 5.12. The van der Waals surface area contributed by atoms with E-state index in [4.69, 9.17) is 9.47 Å². The van der Waals surface area contributed by atoms with E-state index < -0.39 is 17.2 Å². The van der Waals surface area contributed by atoms with Crippen molar-refractivity contribution in [3.8, 4) is 0 Å². The van der Waals surface area contributed by atoms with Gasteiger partial charge in [-0.05, 0) is 69.9 Å². The summed E-state index contributed by atoms with van der Waals surface area (Å²) in [5, 5.41) is 2.79. The summed E-state index contributed by atoms with van der Waals surface area (Å²) in [7, 11) is 0. The van der Waals surface area contributed by atoms with Crippen LogP contribution in [0, 0.1) is 0 Å². The lowest BCUT2D eigenvalue weighted by Crippen LogP contribution is -2.51. The summed E-state index contributed by atoms with van der Waals surface area (Å²) >= 11 is 0. The lowest BCUT2D eigenvalue weighted by atomic mass is 9.83. The van der Waals surface area contributed by atoms with Crippen LogP contribution in [0.15, 0.2) is 48.5 Å². The number of fused-ring (bicyclic) bond motifs is 1. The van der Waals surface area contributed by atoms with Crippen LogP contribution in [0.5, 0.6) is 0 Å². The van der Waals surface area contributed by atoms with Gasteiger partial charge in [0.1, 0.15) is 12.2 Å². The fraction of sp³-hybridized carbons (Fsp3) is 0.417. The third-order valence-corrected chi connectivity index (χ3v) is 5.12. The molecule has 2 aromatic rings. The maximum atomic E-state index is 12.7. The fourth-order valence-electron chi connectivity index (χ4n) is 3.65. The Labute approximate surface area is 178 Å². The molecule has 0 saturated heterocycles. The first-order chi connectivity index (χ1) is 14.1. The molecule has 2 aromatic carbocycles. The van der Waals surface area contributed by atoms with Crippen LogP contribution in [0.1, 0.15) is 51.3 Å². The van der Waals surface area contributed by atoms with Gasteiger partial charge < -0.3 is 9.47 Å². The number of hydrogen-bond donors (Lipinski definition) is 1. The van der Waals surface area contributed by atoms with Crippen molar-refractivity contribution in [2.24, 2.45) is 0 Å². The van der Waals surface area contributed by atoms with Gasteiger partial charge in [0, 0.05) is 12.2 Å². The minimum atomic E-state index is -0.540. The summed E-state index contributed by atoms with van der Waals surface area (Å²) in [6.45, 7) is 10.4. The van der Waals surface area contributed by atoms with Crippen molar-refractivity contribution in [1.82, 2.24) is 4.90 Å². The average molecular weight is 411 g/mol. The zero-order valence-electron chi connectivity index (χ0n) is 18.3. The van der Waals surface area contributed by atoms with E-state index in [9.17, 15) is 9.59 Å². The number of nitrogens with zero attached hydrogens (tertiary/aromatic N) is 1. The number of anilines is 1. The Hall–Kier alpha value is -3.02. The second-order valence-electron chi connectivity index (χ2n) is 9.00. The molecule has 6 heteroatoms. The van der Waals surface area contributed by atoms with Crippen molar-refractivity contribution in [3.05, 3.63) is 65.2 Å². The Bertz CT molecular complexity index is 917. The van der Waals surface area contributed by atoms with Gasteiger partial charge in [-0.25, -0.2) is 9.59 Å². The van der Waals surface area contributed by atoms with Gasteiger partial charge in [0.25, 0.3) is 0 Å². The molecular formula is C24H30N2O4. The summed E-state index contributed by atoms with van der Waals surface area (Å²) < 4.78 is 10.9. The summed E-state index contributed by atoms with van der Waals surface area (Å²) in [6.07, 6.45) is -0.124. The molecule has 3 rings (SSSR count). The number of rotatable bonds is 3. The van der Waals surface area contributed by atoms with Crippen molar-refractivity contribution in [1.29, 1.82) is 0 Å². The van der Waals surface area contributed by atoms with Crippen LogP contribution >= 0.6 is 0 Å². The predicted molar refractivity (Wildman–Crippen MR) is 116 cm³/mol. The number of nitrogens with one attached hydrogen (secondary N) is 1. The van der Waals surface area contributed by atoms with Gasteiger partial charge in [-0.3, -0.25) is 10.2 Å². The van der Waals surface area contributed by atoms with E-state index in [2.05, 4.69) is 5.32 Å². The van der Waals surface area contributed by atoms with E-state index in [1.807, 2.05) is 83.1 Å². The van der Waals surface area contributed by atoms with Gasteiger partial charge in [-0.1, -0.05) is 36.4 Å². The van der Waals surface area contributed by atoms with Crippen LogP contribution in [-0.4, -0.2) is 29.2 Å². The van der Waals surface area contributed by atoms with Crippen molar-refractivity contribution in [3.63, 3.8) is 0 Å². The first kappa shape index (κ1) is 21.7. The molecule has 2 amide bonds. The third kappa shape index (κ3) is 5.12. The number of benzene rings is 2. The number of carbonyl (C=O) groups is 2. The summed E-state index contributed by atoms with van der Waals surface area (Å²) in [4.78, 5) is 26.6. The van der Waals surface area contributed by atoms with Gasteiger partial charge in [0.05, 0.1) is 5.54 Å². The molecular weight excluding hydrogens is 380 g/mol. The van der Waals surface area contributed by atoms with E-state index in [-0.39, 0.29) is 12.7 Å². The molecule has 0 unspecified atom stereocenters. The second kappa shape index (κ2) is 8.38. The average Bonchev–Trinajstić information content (AvgIpc) is 2.65. The zero-order chi connectivity index (χ0) is 21.9. The number of amides is 2. The smallest absolute Gasteiger partial charge is 0.411 e. The number of ether oxygens (including phenoxy) is 2. The minimum Gasteiger partial charge on any atom is -0.444 e. The second-order valence-corrected chi connectivity index (χ2v) is 9.00. The molecule has 1 aliphatic rings. The summed E-state index contributed by atoms with van der Waals surface area (Å²) in [6, 6.07) is 15.3. The predicted octanol–water partition coefficient (Wildman–Crippen LogP) is 5.46. The molecule has 0 spiro atoms. The molecule has 0 atom stereocenters. The van der Waals surface area contributed by atoms with Gasteiger partial charge in [-0.15, -0.1) is 0 Å². The standard InChI is InChI=1S/C24H30N2O4/c1-23(2,3)30-22(28)26-14-13-18-15-19(11-12-20(18)24(26,4)5)25-21(27)29-16-17-9-7-6-8-10-17/h6-12,15H,13-14,16H2,1-5H3,(H,25,27). The van der Waals surface area contributed by atoms with E-state index >= 15 is 0 Å². The van der Waals surface area contributed by atoms with Crippen LogP contribution in [0.25, 0.3) is 0 Å². The van der Waals surface area contributed by atoms with E-state index in [1.54, 1.807) is 4.90 Å². The zero-order valence-corrected chi connectivity index (χ0v) is 18.3. The van der Waals surface area contributed by atoms with Crippen molar-refractivity contribution in [2.45, 2.75) is 58.8 Å². The van der Waals surface area contributed by atoms with Crippen molar-refractivity contribution >= 4 is 17.9 Å². The molecule has 1 heterocycles. The Morgan fingerprint density at radius 1 is 1.10 bits per heavy atom. The largest absolute Gasteiger partial charge is 0.444 e. The summed E-state index contributed by atoms with van der Waals surface area (Å²) in [5.41, 5.74) is 2.70. The van der Waals surface area contributed by atoms with Crippen LogP contribution in [0.2, 0.25) is 0 Å². The highest BCUT2D eigenvalue weighted by Crippen LogP contribution is 2.37. The Balaban J connectivity index is 1.67. The van der Waals surface area contributed by atoms with Crippen LogP contribution < -0.4 is 5.32 Å². The number of carbonyl (C=O) groups excluding carboxylic acids is 2. The molecule has 0 aliphatic carbocycles. The Morgan fingerprint density at radius 3 is 2.47 bits per heavy atom. The van der Waals surface area contributed by atoms with Crippen LogP contribution in [-0.2, 0) is 28.0 Å². The molecule has 0 saturated carbocycles. The molecule has 0 fully saturated rings. The van der Waals surface area contributed by atoms with Gasteiger partial charge in [0.2, 0.25) is 0 Å². The fourth-order valence-corrected chi connectivity index (χ4v) is 3.65. The van der Waals surface area contributed by atoms with E-state index in [0.29, 0.717) is 18.7 Å². The molecule has 0 aromatic heterocycles. The molecule has 0 radical (unpaired) electrons. The quantitative estimate of drug-likeness (QED) is 0.729. The lowest BCUT2D eigenvalue weighted by molar-refractivity contribution is -0.000300. The lowest BCUT2D eigenvalue weighted by Gasteiger charge is -2.44. The van der Waals surface area contributed by atoms with Crippen molar-refractivity contribution in [2.75, 3.05) is 11.9 Å². The topological polar surface area (TPSA) is 67.9 Å². The highest BCUT2D eigenvalue weighted by Gasteiger charge is 2.39. The highest BCUT2D eigenvalue weighted by atomic mass is 16.6. The normalized spacial score (nSPS) is 15.2. The van der Waals surface area contributed by atoms with Gasteiger partial charge in [0.15, 0.2) is 0 Å². The van der Waals surface area contributed by atoms with Gasteiger partial charge >= 0.3 is 12.2 Å².